The van der Waals surface area contributed by atoms with E-state index in [0.717, 1.165) is 0 Å². The van der Waals surface area contributed by atoms with E-state index in [1.54, 1.807) is 0 Å². The van der Waals surface area contributed by atoms with Gasteiger partial charge in [0, 0.05) is 13.0 Å². The van der Waals surface area contributed by atoms with Crippen LogP contribution in [0.5, 0.6) is 0 Å². The maximum absolute atomic E-state index is 11.8. The Balaban J connectivity index is 0.00000324. The molecule has 0 saturated carbocycles. The van der Waals surface area contributed by atoms with Crippen LogP contribution in [-0.2, 0) is 4.79 Å². The van der Waals surface area contributed by atoms with E-state index in [4.69, 9.17) is 5.73 Å². The summed E-state index contributed by atoms with van der Waals surface area (Å²) in [6, 6.07) is 8.19. The van der Waals surface area contributed by atoms with Crippen molar-refractivity contribution in [2.75, 3.05) is 6.54 Å². The highest BCUT2D eigenvalue weighted by Gasteiger charge is 2.28. The zero-order valence-corrected chi connectivity index (χ0v) is 13.0. The van der Waals surface area contributed by atoms with Gasteiger partial charge in [-0.05, 0) is 23.5 Å². The molecule has 3 nitrogen and oxygen atoms in total. The van der Waals surface area contributed by atoms with E-state index in [-0.39, 0.29) is 29.8 Å². The standard InChI is InChI=1S/C15H24N2O.ClH/c1-11-7-5-6-8-12(11)14(15(2,3)4)17-13(18)9-10-16;/h5-8,14H,9-10,16H2,1-4H3,(H,17,18);1H. The molecule has 3 N–H and O–H groups in total. The molecule has 4 heteroatoms. The molecule has 0 aliphatic carbocycles. The molecule has 1 aromatic carbocycles. The van der Waals surface area contributed by atoms with Crippen LogP contribution < -0.4 is 11.1 Å². The number of carbonyl (C=O) groups is 1. The Labute approximate surface area is 122 Å². The van der Waals surface area contributed by atoms with E-state index in [1.165, 1.54) is 11.1 Å². The second-order valence-corrected chi connectivity index (χ2v) is 5.76. The molecule has 1 aromatic rings. The average Bonchev–Trinajstić information content (AvgIpc) is 2.26. The molecule has 1 atom stereocenters. The molecular weight excluding hydrogens is 260 g/mol. The minimum absolute atomic E-state index is 0. The summed E-state index contributed by atoms with van der Waals surface area (Å²) in [5, 5.41) is 3.10. The van der Waals surface area contributed by atoms with Gasteiger partial charge in [0.2, 0.25) is 5.91 Å². The van der Waals surface area contributed by atoms with Crippen LogP contribution in [0, 0.1) is 12.3 Å². The van der Waals surface area contributed by atoms with Crippen LogP contribution >= 0.6 is 12.4 Å². The molecule has 0 spiro atoms. The molecule has 0 radical (unpaired) electrons. The van der Waals surface area contributed by atoms with E-state index < -0.39 is 0 Å². The van der Waals surface area contributed by atoms with E-state index in [0.29, 0.717) is 13.0 Å². The lowest BCUT2D eigenvalue weighted by atomic mass is 9.81. The molecule has 0 aromatic heterocycles. The topological polar surface area (TPSA) is 55.1 Å². The Kier molecular flexibility index (Phi) is 7.09. The molecule has 108 valence electrons. The molecule has 0 aliphatic heterocycles. The first-order valence-corrected chi connectivity index (χ1v) is 6.41. The van der Waals surface area contributed by atoms with E-state index in [2.05, 4.69) is 45.1 Å². The number of aryl methyl sites for hydroxylation is 1. The van der Waals surface area contributed by atoms with Crippen molar-refractivity contribution in [1.82, 2.24) is 5.32 Å². The minimum atomic E-state index is -0.0314. The van der Waals surface area contributed by atoms with Crippen molar-refractivity contribution in [3.8, 4) is 0 Å². The van der Waals surface area contributed by atoms with Crippen molar-refractivity contribution in [2.24, 2.45) is 11.1 Å². The summed E-state index contributed by atoms with van der Waals surface area (Å²) in [5.41, 5.74) is 7.77. The van der Waals surface area contributed by atoms with Gasteiger partial charge in [-0.3, -0.25) is 4.79 Å². The first-order chi connectivity index (χ1) is 8.36. The smallest absolute Gasteiger partial charge is 0.221 e. The molecule has 1 unspecified atom stereocenters. The third-order valence-corrected chi connectivity index (χ3v) is 3.04. The number of nitrogens with one attached hydrogen (secondary N) is 1. The summed E-state index contributed by atoms with van der Waals surface area (Å²) in [4.78, 5) is 11.8. The second-order valence-electron chi connectivity index (χ2n) is 5.76. The monoisotopic (exact) mass is 284 g/mol. The fourth-order valence-corrected chi connectivity index (χ4v) is 2.04. The lowest BCUT2D eigenvalue weighted by Gasteiger charge is -2.33. The van der Waals surface area contributed by atoms with E-state index in [9.17, 15) is 4.79 Å². The first kappa shape index (κ1) is 17.9. The molecule has 0 aliphatic rings. The number of hydrogen-bond acceptors (Lipinski definition) is 2. The summed E-state index contributed by atoms with van der Waals surface area (Å²) < 4.78 is 0. The molecule has 1 amide bonds. The molecule has 0 heterocycles. The number of benzene rings is 1. The van der Waals surface area contributed by atoms with Crippen molar-refractivity contribution < 1.29 is 4.79 Å². The predicted octanol–water partition coefficient (Wildman–Crippen LogP) is 2.97. The van der Waals surface area contributed by atoms with Crippen molar-refractivity contribution in [3.05, 3.63) is 35.4 Å². The molecule has 1 rings (SSSR count). The quantitative estimate of drug-likeness (QED) is 0.893. The maximum Gasteiger partial charge on any atom is 0.221 e. The summed E-state index contributed by atoms with van der Waals surface area (Å²) in [6.45, 7) is 8.85. The van der Waals surface area contributed by atoms with Gasteiger partial charge < -0.3 is 11.1 Å². The first-order valence-electron chi connectivity index (χ1n) is 6.41. The Hall–Kier alpha value is -1.06. The Morgan fingerprint density at radius 3 is 2.37 bits per heavy atom. The van der Waals surface area contributed by atoms with Gasteiger partial charge in [-0.1, -0.05) is 45.0 Å². The van der Waals surface area contributed by atoms with Crippen LogP contribution in [0.15, 0.2) is 24.3 Å². The van der Waals surface area contributed by atoms with Gasteiger partial charge in [0.15, 0.2) is 0 Å². The predicted molar refractivity (Wildman–Crippen MR) is 82.4 cm³/mol. The molecule has 0 fully saturated rings. The van der Waals surface area contributed by atoms with Gasteiger partial charge in [-0.15, -0.1) is 12.4 Å². The van der Waals surface area contributed by atoms with Crippen molar-refractivity contribution in [1.29, 1.82) is 0 Å². The van der Waals surface area contributed by atoms with Crippen molar-refractivity contribution >= 4 is 18.3 Å². The summed E-state index contributed by atoms with van der Waals surface area (Å²) >= 11 is 0. The third kappa shape index (κ3) is 5.21. The van der Waals surface area contributed by atoms with Gasteiger partial charge in [0.25, 0.3) is 0 Å². The minimum Gasteiger partial charge on any atom is -0.349 e. The largest absolute Gasteiger partial charge is 0.349 e. The third-order valence-electron chi connectivity index (χ3n) is 3.04. The van der Waals surface area contributed by atoms with Gasteiger partial charge >= 0.3 is 0 Å². The van der Waals surface area contributed by atoms with Gasteiger partial charge in [0.05, 0.1) is 6.04 Å². The SMILES string of the molecule is Cc1ccccc1C(NC(=O)CCN)C(C)(C)C.Cl. The van der Waals surface area contributed by atoms with Gasteiger partial charge in [-0.2, -0.15) is 0 Å². The zero-order chi connectivity index (χ0) is 13.8. The number of nitrogens with two attached hydrogens (primary N) is 1. The fourth-order valence-electron chi connectivity index (χ4n) is 2.04. The maximum atomic E-state index is 11.8. The lowest BCUT2D eigenvalue weighted by molar-refractivity contribution is -0.122. The van der Waals surface area contributed by atoms with Crippen LogP contribution in [0.3, 0.4) is 0 Å². The van der Waals surface area contributed by atoms with Crippen LogP contribution in [0.4, 0.5) is 0 Å². The van der Waals surface area contributed by atoms with Crippen LogP contribution in [0.2, 0.25) is 0 Å². The highest BCUT2D eigenvalue weighted by Crippen LogP contribution is 2.34. The molecule has 19 heavy (non-hydrogen) atoms. The number of amides is 1. The Morgan fingerprint density at radius 2 is 1.89 bits per heavy atom. The van der Waals surface area contributed by atoms with Crippen molar-refractivity contribution in [2.45, 2.75) is 40.2 Å². The number of rotatable bonds is 4. The summed E-state index contributed by atoms with van der Waals surface area (Å²) in [5.74, 6) is 0.0145. The van der Waals surface area contributed by atoms with E-state index in [1.807, 2.05) is 12.1 Å². The summed E-state index contributed by atoms with van der Waals surface area (Å²) in [7, 11) is 0. The number of halogens is 1. The van der Waals surface area contributed by atoms with Crippen LogP contribution in [0.25, 0.3) is 0 Å². The fraction of sp³-hybridized carbons (Fsp3) is 0.533. The van der Waals surface area contributed by atoms with Crippen molar-refractivity contribution in [3.63, 3.8) is 0 Å². The van der Waals surface area contributed by atoms with Gasteiger partial charge in [0.1, 0.15) is 0 Å². The molecular formula is C15H25ClN2O. The zero-order valence-electron chi connectivity index (χ0n) is 12.2. The van der Waals surface area contributed by atoms with Crippen LogP contribution in [0.1, 0.15) is 44.4 Å². The normalized spacial score (nSPS) is 12.5. The highest BCUT2D eigenvalue weighted by atomic mass is 35.5. The number of carbonyl (C=O) groups excluding carboxylic acids is 1. The molecule has 0 saturated heterocycles. The Bertz CT molecular complexity index is 413. The second kappa shape index (κ2) is 7.51. The average molecular weight is 285 g/mol. The lowest BCUT2D eigenvalue weighted by Crippen LogP contribution is -2.37. The van der Waals surface area contributed by atoms with Gasteiger partial charge in [-0.25, -0.2) is 0 Å². The van der Waals surface area contributed by atoms with Crippen LogP contribution in [-0.4, -0.2) is 12.5 Å². The Morgan fingerprint density at radius 1 is 1.32 bits per heavy atom. The summed E-state index contributed by atoms with van der Waals surface area (Å²) in [6.07, 6.45) is 0.373. The van der Waals surface area contributed by atoms with E-state index >= 15 is 0 Å². The number of hydrogen-bond donors (Lipinski definition) is 2. The highest BCUT2D eigenvalue weighted by molar-refractivity contribution is 5.85. The molecule has 0 bridgehead atoms.